The summed E-state index contributed by atoms with van der Waals surface area (Å²) in [7, 11) is 1.60. The number of nitrogens with one attached hydrogen (secondary N) is 3. The van der Waals surface area contributed by atoms with Crippen LogP contribution in [0.15, 0.2) is 42.9 Å². The fraction of sp³-hybridized carbons (Fsp3) is 0.387. The molecule has 11 heteroatoms. The van der Waals surface area contributed by atoms with Crippen LogP contribution in [-0.2, 0) is 5.41 Å². The molecule has 0 bridgehead atoms. The van der Waals surface area contributed by atoms with Crippen LogP contribution in [0.5, 0.6) is 5.75 Å². The van der Waals surface area contributed by atoms with E-state index in [4.69, 9.17) is 9.72 Å². The Balaban J connectivity index is 1.45. The van der Waals surface area contributed by atoms with Crippen molar-refractivity contribution in [3.05, 3.63) is 59.5 Å². The molecule has 0 aliphatic carbocycles. The van der Waals surface area contributed by atoms with Gasteiger partial charge in [0.05, 0.1) is 24.7 Å². The summed E-state index contributed by atoms with van der Waals surface area (Å²) in [6, 6.07) is 9.59. The number of ether oxygens (including phenoxy) is 1. The van der Waals surface area contributed by atoms with Crippen LogP contribution < -0.4 is 25.0 Å². The number of piperidine rings is 1. The third kappa shape index (κ3) is 6.35. The fourth-order valence-corrected chi connectivity index (χ4v) is 5.33. The van der Waals surface area contributed by atoms with E-state index < -0.39 is 0 Å². The van der Waals surface area contributed by atoms with Gasteiger partial charge in [0.1, 0.15) is 17.4 Å². The Kier molecular flexibility index (Phi) is 8.67. The first-order chi connectivity index (χ1) is 20.2. The van der Waals surface area contributed by atoms with E-state index in [-0.39, 0.29) is 11.3 Å². The molecule has 3 N–H and O–H groups in total. The first-order valence-corrected chi connectivity index (χ1v) is 15.3. The molecule has 1 fully saturated rings. The molecule has 1 saturated heterocycles. The van der Waals surface area contributed by atoms with Crippen molar-refractivity contribution in [2.24, 2.45) is 0 Å². The fourth-order valence-electron chi connectivity index (χ4n) is 4.96. The van der Waals surface area contributed by atoms with Crippen molar-refractivity contribution < 1.29 is 9.53 Å². The Labute approximate surface area is 251 Å². The molecule has 3 heterocycles. The van der Waals surface area contributed by atoms with Crippen LogP contribution in [0.1, 0.15) is 61.5 Å². The quantitative estimate of drug-likeness (QED) is 0.192. The number of carbonyl (C=O) groups excluding carboxylic acids is 1. The molecule has 0 atom stereocenters. The van der Waals surface area contributed by atoms with Crippen LogP contribution in [-0.4, -0.2) is 52.3 Å². The first-order valence-electron chi connectivity index (χ1n) is 14.1. The Bertz CT molecular complexity index is 1600. The van der Waals surface area contributed by atoms with E-state index in [9.17, 15) is 4.79 Å². The molecule has 2 aromatic carbocycles. The zero-order valence-electron chi connectivity index (χ0n) is 25.0. The molecule has 0 unspecified atom stereocenters. The number of aryl methyl sites for hydroxylation is 1. The smallest absolute Gasteiger partial charge is 0.255 e. The van der Waals surface area contributed by atoms with Crippen molar-refractivity contribution in [2.45, 2.75) is 52.4 Å². The SMILES string of the molecule is COc1c(NSC)cc(C(C)(C)C)cc1NC(=O)c1ccc(C)c(Nc2ncnc3cnc(N4CCCCC4)nc23)c1. The number of carbonyl (C=O) groups is 1. The molecule has 1 amide bonds. The summed E-state index contributed by atoms with van der Waals surface area (Å²) in [4.78, 5) is 34.1. The maximum Gasteiger partial charge on any atom is 0.255 e. The molecule has 0 spiro atoms. The highest BCUT2D eigenvalue weighted by atomic mass is 32.2. The lowest BCUT2D eigenvalue weighted by Crippen LogP contribution is -2.31. The number of benzene rings is 2. The van der Waals surface area contributed by atoms with E-state index in [0.29, 0.717) is 39.8 Å². The van der Waals surface area contributed by atoms with Gasteiger partial charge in [0.25, 0.3) is 5.91 Å². The van der Waals surface area contributed by atoms with Gasteiger partial charge >= 0.3 is 0 Å². The molecule has 1 aliphatic rings. The number of methoxy groups -OCH3 is 1. The van der Waals surface area contributed by atoms with Crippen molar-refractivity contribution >= 4 is 57.7 Å². The monoisotopic (exact) mass is 586 g/mol. The minimum absolute atomic E-state index is 0.126. The summed E-state index contributed by atoms with van der Waals surface area (Å²) in [5, 5.41) is 6.48. The number of aromatic nitrogens is 4. The van der Waals surface area contributed by atoms with Gasteiger partial charge in [-0.25, -0.2) is 19.9 Å². The largest absolute Gasteiger partial charge is 0.492 e. The van der Waals surface area contributed by atoms with Crippen molar-refractivity contribution in [1.82, 2.24) is 19.9 Å². The minimum Gasteiger partial charge on any atom is -0.492 e. The molecule has 42 heavy (non-hydrogen) atoms. The van der Waals surface area contributed by atoms with Crippen LogP contribution in [0.3, 0.4) is 0 Å². The highest BCUT2D eigenvalue weighted by molar-refractivity contribution is 7.99. The highest BCUT2D eigenvalue weighted by Gasteiger charge is 2.22. The van der Waals surface area contributed by atoms with Gasteiger partial charge in [-0.15, -0.1) is 0 Å². The van der Waals surface area contributed by atoms with E-state index in [1.165, 1.54) is 24.7 Å². The highest BCUT2D eigenvalue weighted by Crippen LogP contribution is 2.40. The molecule has 0 saturated carbocycles. The summed E-state index contributed by atoms with van der Waals surface area (Å²) < 4.78 is 9.00. The van der Waals surface area contributed by atoms with Crippen LogP contribution >= 0.6 is 11.9 Å². The van der Waals surface area contributed by atoms with E-state index >= 15 is 0 Å². The molecule has 5 rings (SSSR count). The Hall–Kier alpha value is -4.12. The molecule has 0 radical (unpaired) electrons. The van der Waals surface area contributed by atoms with Crippen LogP contribution in [0.4, 0.5) is 28.8 Å². The van der Waals surface area contributed by atoms with Crippen LogP contribution in [0.2, 0.25) is 0 Å². The second-order valence-electron chi connectivity index (χ2n) is 11.4. The van der Waals surface area contributed by atoms with Crippen molar-refractivity contribution in [3.63, 3.8) is 0 Å². The average Bonchev–Trinajstić information content (AvgIpc) is 2.98. The predicted octanol–water partition coefficient (Wildman–Crippen LogP) is 6.71. The molecule has 1 aliphatic heterocycles. The zero-order chi connectivity index (χ0) is 29.9. The Morgan fingerprint density at radius 1 is 1.00 bits per heavy atom. The van der Waals surface area contributed by atoms with Gasteiger partial charge in [0.2, 0.25) is 5.95 Å². The minimum atomic E-state index is -0.250. The van der Waals surface area contributed by atoms with Gasteiger partial charge in [-0.05, 0) is 67.0 Å². The first kappa shape index (κ1) is 29.4. The van der Waals surface area contributed by atoms with Gasteiger partial charge in [0, 0.05) is 30.6 Å². The van der Waals surface area contributed by atoms with Gasteiger partial charge in [-0.3, -0.25) is 4.79 Å². The second kappa shape index (κ2) is 12.4. The number of anilines is 5. The molecular weight excluding hydrogens is 548 g/mol. The van der Waals surface area contributed by atoms with Crippen LogP contribution in [0, 0.1) is 6.92 Å². The summed E-state index contributed by atoms with van der Waals surface area (Å²) in [6.45, 7) is 10.3. The number of fused-ring (bicyclic) bond motifs is 1. The van der Waals surface area contributed by atoms with E-state index in [0.717, 1.165) is 48.4 Å². The maximum atomic E-state index is 13.6. The Morgan fingerprint density at radius 3 is 2.48 bits per heavy atom. The van der Waals surface area contributed by atoms with Crippen molar-refractivity contribution in [3.8, 4) is 5.75 Å². The molecule has 220 valence electrons. The number of rotatable bonds is 8. The zero-order valence-corrected chi connectivity index (χ0v) is 25.9. The number of hydrogen-bond acceptors (Lipinski definition) is 10. The lowest BCUT2D eigenvalue weighted by Gasteiger charge is -2.26. The van der Waals surface area contributed by atoms with E-state index in [2.05, 4.69) is 62.0 Å². The summed E-state index contributed by atoms with van der Waals surface area (Å²) in [5.74, 6) is 1.58. The predicted molar refractivity (Wildman–Crippen MR) is 172 cm³/mol. The van der Waals surface area contributed by atoms with Crippen molar-refractivity contribution in [2.75, 3.05) is 46.7 Å². The molecule has 4 aromatic rings. The van der Waals surface area contributed by atoms with Gasteiger partial charge in [-0.2, -0.15) is 0 Å². The van der Waals surface area contributed by atoms with Gasteiger partial charge < -0.3 is 25.0 Å². The molecule has 2 aromatic heterocycles. The van der Waals surface area contributed by atoms with Gasteiger partial charge in [-0.1, -0.05) is 38.8 Å². The average molecular weight is 587 g/mol. The topological polar surface area (TPSA) is 117 Å². The third-order valence-electron chi connectivity index (χ3n) is 7.38. The maximum absolute atomic E-state index is 13.6. The summed E-state index contributed by atoms with van der Waals surface area (Å²) in [6.07, 6.45) is 8.68. The molecule has 10 nitrogen and oxygen atoms in total. The lowest BCUT2D eigenvalue weighted by atomic mass is 9.86. The second-order valence-corrected chi connectivity index (χ2v) is 12.1. The summed E-state index contributed by atoms with van der Waals surface area (Å²) in [5.41, 5.74) is 5.85. The number of amides is 1. The van der Waals surface area contributed by atoms with Gasteiger partial charge in [0.15, 0.2) is 11.6 Å². The third-order valence-corrected chi connectivity index (χ3v) is 7.80. The number of hydrogen-bond donors (Lipinski definition) is 3. The Morgan fingerprint density at radius 2 is 1.76 bits per heavy atom. The molecular formula is C31H38N8O2S. The lowest BCUT2D eigenvalue weighted by molar-refractivity contribution is 0.102. The van der Waals surface area contributed by atoms with E-state index in [1.807, 2.05) is 37.4 Å². The standard InChI is InChI=1S/C31H38N8O2S/c1-19-10-11-20(29(40)36-23-15-21(31(2,3)4)16-24(38-42-6)27(23)41-5)14-22(19)35-28-26-25(33-18-34-28)17-32-30(37-26)39-12-8-7-9-13-39/h10-11,14-18,38H,7-9,12-13H2,1-6H3,(H,36,40)(H,33,34,35). The summed E-state index contributed by atoms with van der Waals surface area (Å²) >= 11 is 1.47. The normalized spacial score (nSPS) is 13.6. The van der Waals surface area contributed by atoms with Crippen LogP contribution in [0.25, 0.3) is 11.0 Å². The van der Waals surface area contributed by atoms with E-state index in [1.54, 1.807) is 13.3 Å². The van der Waals surface area contributed by atoms with Crippen molar-refractivity contribution in [1.29, 1.82) is 0 Å². The number of nitrogens with zero attached hydrogens (tertiary/aromatic N) is 5.